The molecule has 0 saturated carbocycles. The van der Waals surface area contributed by atoms with Crippen LogP contribution >= 0.6 is 11.6 Å². The quantitative estimate of drug-likeness (QED) is 0.752. The smallest absolute Gasteiger partial charge is 0.242 e. The number of halogens is 1. The molecular weight excluding hydrogens is 406 g/mol. The Bertz CT molecular complexity index is 868. The Morgan fingerprint density at radius 1 is 1.13 bits per heavy atom. The highest BCUT2D eigenvalue weighted by Crippen LogP contribution is 2.20. The lowest BCUT2D eigenvalue weighted by atomic mass is 9.96. The Morgan fingerprint density at radius 3 is 2.40 bits per heavy atom. The first kappa shape index (κ1) is 22.1. The van der Waals surface area contributed by atoms with E-state index in [0.717, 1.165) is 18.8 Å². The molecule has 3 rings (SSSR count). The van der Waals surface area contributed by atoms with Crippen molar-refractivity contribution in [2.24, 2.45) is 0 Å². The van der Waals surface area contributed by atoms with Gasteiger partial charge in [0.25, 0.3) is 0 Å². The van der Waals surface area contributed by atoms with E-state index in [4.69, 9.17) is 16.1 Å². The fourth-order valence-corrected chi connectivity index (χ4v) is 3.25. The van der Waals surface area contributed by atoms with Crippen LogP contribution in [0.25, 0.3) is 0 Å². The molecule has 8 nitrogen and oxygen atoms in total. The van der Waals surface area contributed by atoms with Gasteiger partial charge in [0.05, 0.1) is 6.54 Å². The van der Waals surface area contributed by atoms with E-state index in [1.165, 1.54) is 0 Å². The first-order valence-electron chi connectivity index (χ1n) is 10.1. The number of nitrogens with zero attached hydrogens (tertiary/aromatic N) is 4. The van der Waals surface area contributed by atoms with E-state index in [1.807, 2.05) is 45.0 Å². The van der Waals surface area contributed by atoms with Crippen molar-refractivity contribution in [3.63, 3.8) is 0 Å². The third kappa shape index (κ3) is 5.95. The van der Waals surface area contributed by atoms with E-state index >= 15 is 0 Å². The van der Waals surface area contributed by atoms with E-state index in [2.05, 4.69) is 20.4 Å². The topological polar surface area (TPSA) is 91.6 Å². The monoisotopic (exact) mass is 433 g/mol. The summed E-state index contributed by atoms with van der Waals surface area (Å²) >= 11 is 5.93. The molecule has 0 bridgehead atoms. The molecule has 1 aromatic carbocycles. The lowest BCUT2D eigenvalue weighted by molar-refractivity contribution is -0.133. The summed E-state index contributed by atoms with van der Waals surface area (Å²) in [5, 5.41) is 7.34. The molecule has 2 heterocycles. The molecule has 1 aliphatic heterocycles. The van der Waals surface area contributed by atoms with E-state index in [-0.39, 0.29) is 30.2 Å². The maximum atomic E-state index is 12.4. The summed E-state index contributed by atoms with van der Waals surface area (Å²) in [5.74, 6) is 0.760. The van der Waals surface area contributed by atoms with Gasteiger partial charge in [0.1, 0.15) is 0 Å². The Kier molecular flexibility index (Phi) is 6.97. The second-order valence-electron chi connectivity index (χ2n) is 8.38. The van der Waals surface area contributed by atoms with Gasteiger partial charge in [0, 0.05) is 55.1 Å². The van der Waals surface area contributed by atoms with Crippen molar-refractivity contribution < 1.29 is 14.1 Å². The number of hydrogen-bond acceptors (Lipinski definition) is 6. The van der Waals surface area contributed by atoms with Gasteiger partial charge in [-0.1, -0.05) is 37.5 Å². The van der Waals surface area contributed by atoms with E-state index in [1.54, 1.807) is 4.90 Å². The van der Waals surface area contributed by atoms with Gasteiger partial charge in [0.15, 0.2) is 5.82 Å². The first-order chi connectivity index (χ1) is 14.2. The lowest BCUT2D eigenvalue weighted by Gasteiger charge is -2.36. The van der Waals surface area contributed by atoms with E-state index in [9.17, 15) is 9.59 Å². The number of rotatable bonds is 6. The molecule has 0 radical (unpaired) electrons. The van der Waals surface area contributed by atoms with Crippen molar-refractivity contribution in [2.75, 3.05) is 37.6 Å². The molecule has 0 unspecified atom stereocenters. The molecule has 2 aromatic rings. The third-order valence-corrected chi connectivity index (χ3v) is 5.22. The number of aryl methyl sites for hydroxylation is 1. The van der Waals surface area contributed by atoms with Gasteiger partial charge in [-0.2, -0.15) is 4.98 Å². The molecule has 0 spiro atoms. The van der Waals surface area contributed by atoms with Crippen LogP contribution in [-0.4, -0.2) is 59.6 Å². The zero-order valence-corrected chi connectivity index (χ0v) is 18.4. The van der Waals surface area contributed by atoms with Crippen LogP contribution in [0.15, 0.2) is 28.8 Å². The Hall–Kier alpha value is -2.61. The number of amides is 2. The highest BCUT2D eigenvalue weighted by molar-refractivity contribution is 6.30. The maximum Gasteiger partial charge on any atom is 0.242 e. The molecule has 30 heavy (non-hydrogen) atoms. The van der Waals surface area contributed by atoms with Crippen molar-refractivity contribution >= 4 is 29.1 Å². The zero-order valence-electron chi connectivity index (χ0n) is 17.7. The summed E-state index contributed by atoms with van der Waals surface area (Å²) in [6.45, 7) is 8.71. The van der Waals surface area contributed by atoms with Crippen LogP contribution in [0.2, 0.25) is 5.02 Å². The van der Waals surface area contributed by atoms with Gasteiger partial charge in [-0.25, -0.2) is 0 Å². The average Bonchev–Trinajstić information content (AvgIpc) is 3.21. The number of carbonyl (C=O) groups excluding carboxylic acids is 2. The first-order valence-corrected chi connectivity index (χ1v) is 10.5. The molecule has 1 saturated heterocycles. The van der Waals surface area contributed by atoms with Gasteiger partial charge < -0.3 is 19.6 Å². The molecule has 0 atom stereocenters. The van der Waals surface area contributed by atoms with E-state index < -0.39 is 0 Å². The third-order valence-electron chi connectivity index (χ3n) is 4.97. The molecule has 162 valence electrons. The minimum atomic E-state index is -0.210. The van der Waals surface area contributed by atoms with Crippen molar-refractivity contribution in [2.45, 2.75) is 39.0 Å². The van der Waals surface area contributed by atoms with Crippen molar-refractivity contribution in [3.05, 3.63) is 41.0 Å². The normalized spacial score (nSPS) is 14.7. The Balaban J connectivity index is 1.37. The maximum absolute atomic E-state index is 12.4. The van der Waals surface area contributed by atoms with Crippen LogP contribution in [0, 0.1) is 0 Å². The minimum Gasteiger partial charge on any atom is -0.368 e. The number of piperazine rings is 1. The fourth-order valence-electron chi connectivity index (χ4n) is 3.12. The van der Waals surface area contributed by atoms with Crippen molar-refractivity contribution in [1.29, 1.82) is 0 Å². The van der Waals surface area contributed by atoms with Gasteiger partial charge in [-0.05, 0) is 24.3 Å². The molecular formula is C21H28ClN5O3. The summed E-state index contributed by atoms with van der Waals surface area (Å²) < 4.78 is 5.19. The molecule has 1 fully saturated rings. The zero-order chi connectivity index (χ0) is 21.7. The van der Waals surface area contributed by atoms with Crippen LogP contribution in [0.3, 0.4) is 0 Å². The standard InChI is InChI=1S/C21H28ClN5O3/c1-21(2,3)20-24-18(30-25-20)9-8-17(28)23-14-19(29)27-12-10-26(11-13-27)16-6-4-15(22)5-7-16/h4-7H,8-14H2,1-3H3,(H,23,28). The highest BCUT2D eigenvalue weighted by atomic mass is 35.5. The molecule has 1 N–H and O–H groups in total. The largest absolute Gasteiger partial charge is 0.368 e. The van der Waals surface area contributed by atoms with Gasteiger partial charge in [-0.3, -0.25) is 9.59 Å². The fraction of sp³-hybridized carbons (Fsp3) is 0.524. The summed E-state index contributed by atoms with van der Waals surface area (Å²) in [7, 11) is 0. The number of nitrogens with one attached hydrogen (secondary N) is 1. The summed E-state index contributed by atoms with van der Waals surface area (Å²) in [4.78, 5) is 32.8. The predicted octanol–water partition coefficient (Wildman–Crippen LogP) is 2.42. The molecule has 1 aliphatic rings. The molecule has 2 amide bonds. The molecule has 1 aromatic heterocycles. The van der Waals surface area contributed by atoms with Gasteiger partial charge in [-0.15, -0.1) is 0 Å². The van der Waals surface area contributed by atoms with Crippen molar-refractivity contribution in [1.82, 2.24) is 20.4 Å². The number of anilines is 1. The Morgan fingerprint density at radius 2 is 1.80 bits per heavy atom. The number of carbonyl (C=O) groups is 2. The number of aromatic nitrogens is 2. The van der Waals surface area contributed by atoms with Gasteiger partial charge in [0.2, 0.25) is 17.7 Å². The SMILES string of the molecule is CC(C)(C)c1noc(CCC(=O)NCC(=O)N2CCN(c3ccc(Cl)cc3)CC2)n1. The summed E-state index contributed by atoms with van der Waals surface area (Å²) in [6, 6.07) is 7.69. The lowest BCUT2D eigenvalue weighted by Crippen LogP contribution is -2.51. The van der Waals surface area contributed by atoms with E-state index in [0.29, 0.717) is 36.2 Å². The van der Waals surface area contributed by atoms with Crippen LogP contribution < -0.4 is 10.2 Å². The van der Waals surface area contributed by atoms with Gasteiger partial charge >= 0.3 is 0 Å². The molecule has 0 aliphatic carbocycles. The minimum absolute atomic E-state index is 0.00312. The molecule has 9 heteroatoms. The second kappa shape index (κ2) is 9.47. The average molecular weight is 434 g/mol. The van der Waals surface area contributed by atoms with Crippen molar-refractivity contribution in [3.8, 4) is 0 Å². The number of hydrogen-bond donors (Lipinski definition) is 1. The van der Waals surface area contributed by atoms with Crippen LogP contribution in [-0.2, 0) is 21.4 Å². The van der Waals surface area contributed by atoms with Crippen LogP contribution in [0.5, 0.6) is 0 Å². The summed E-state index contributed by atoms with van der Waals surface area (Å²) in [5.41, 5.74) is 0.893. The summed E-state index contributed by atoms with van der Waals surface area (Å²) in [6.07, 6.45) is 0.548. The van der Waals surface area contributed by atoms with Crippen LogP contribution in [0.1, 0.15) is 38.9 Å². The highest BCUT2D eigenvalue weighted by Gasteiger charge is 2.23. The second-order valence-corrected chi connectivity index (χ2v) is 8.82. The Labute approximate surface area is 181 Å². The predicted molar refractivity (Wildman–Crippen MR) is 115 cm³/mol. The van der Waals surface area contributed by atoms with Crippen LogP contribution in [0.4, 0.5) is 5.69 Å². The number of benzene rings is 1.